The van der Waals surface area contributed by atoms with Crippen LogP contribution in [0.25, 0.3) is 11.3 Å². The summed E-state index contributed by atoms with van der Waals surface area (Å²) >= 11 is 1.52. The predicted octanol–water partition coefficient (Wildman–Crippen LogP) is 5.16. The van der Waals surface area contributed by atoms with Gasteiger partial charge in [0.1, 0.15) is 12.2 Å². The Hall–Kier alpha value is -2.14. The lowest BCUT2D eigenvalue weighted by Gasteiger charge is -2.19. The van der Waals surface area contributed by atoms with Crippen LogP contribution in [0.15, 0.2) is 17.5 Å². The minimum Gasteiger partial charge on any atom is -0.487 e. The van der Waals surface area contributed by atoms with Crippen LogP contribution in [0.4, 0.5) is 8.78 Å². The molecule has 0 saturated carbocycles. The molecule has 37 heavy (non-hydrogen) atoms. The maximum atomic E-state index is 14.6. The molecular weight excluding hydrogens is 502 g/mol. The van der Waals surface area contributed by atoms with Gasteiger partial charge in [-0.2, -0.15) is 4.39 Å². The number of rotatable bonds is 13. The lowest BCUT2D eigenvalue weighted by Crippen LogP contribution is -2.33. The number of nitrogens with zero attached hydrogens (tertiary/aromatic N) is 1. The van der Waals surface area contributed by atoms with Crippen molar-refractivity contribution < 1.29 is 32.5 Å². The van der Waals surface area contributed by atoms with Crippen molar-refractivity contribution in [2.24, 2.45) is 5.92 Å². The molecule has 2 aromatic rings. The van der Waals surface area contributed by atoms with Crippen LogP contribution in [0.5, 0.6) is 5.75 Å². The first-order valence-electron chi connectivity index (χ1n) is 12.9. The fourth-order valence-corrected chi connectivity index (χ4v) is 4.84. The number of esters is 1. The maximum Gasteiger partial charge on any atom is 0.320 e. The van der Waals surface area contributed by atoms with Crippen molar-refractivity contribution >= 4 is 17.3 Å². The molecule has 1 aliphatic heterocycles. The van der Waals surface area contributed by atoms with Crippen molar-refractivity contribution in [2.75, 3.05) is 46.1 Å². The van der Waals surface area contributed by atoms with Crippen molar-refractivity contribution in [3.8, 4) is 17.0 Å². The molecule has 1 N–H and O–H groups in total. The SMILES string of the molecule is CC(C)(C)OC(=O)CNCCOCCOc1c(-c2csc(CCC3CCCOCC3)n2)ccc(F)c1F. The second-order valence-corrected chi connectivity index (χ2v) is 11.0. The summed E-state index contributed by atoms with van der Waals surface area (Å²) in [6.07, 6.45) is 5.23. The zero-order chi connectivity index (χ0) is 26.7. The van der Waals surface area contributed by atoms with Gasteiger partial charge in [-0.15, -0.1) is 11.3 Å². The molecule has 1 aromatic heterocycles. The molecule has 1 saturated heterocycles. The molecule has 1 aliphatic rings. The Morgan fingerprint density at radius 2 is 2.03 bits per heavy atom. The average molecular weight is 541 g/mol. The van der Waals surface area contributed by atoms with Gasteiger partial charge in [-0.3, -0.25) is 4.79 Å². The molecule has 0 amide bonds. The standard InChI is InChI=1S/C27H38F2N2O5S/c1-27(2,3)36-24(32)17-30-11-14-34-15-16-35-26-20(7-8-21(28)25(26)29)22-18-37-23(31-22)9-6-19-5-4-12-33-13-10-19/h7-8,18-19,30H,4-6,9-17H2,1-3H3. The molecule has 10 heteroatoms. The molecule has 0 radical (unpaired) electrons. The third-order valence-corrected chi connectivity index (χ3v) is 6.71. The number of hydrogen-bond donors (Lipinski definition) is 1. The van der Waals surface area contributed by atoms with Gasteiger partial charge < -0.3 is 24.3 Å². The molecule has 0 spiro atoms. The number of benzene rings is 1. The van der Waals surface area contributed by atoms with E-state index in [1.54, 1.807) is 0 Å². The second kappa shape index (κ2) is 14.7. The normalized spacial score (nSPS) is 16.4. The highest BCUT2D eigenvalue weighted by atomic mass is 32.1. The first-order valence-corrected chi connectivity index (χ1v) is 13.7. The van der Waals surface area contributed by atoms with Crippen LogP contribution < -0.4 is 10.1 Å². The molecule has 1 fully saturated rings. The van der Waals surface area contributed by atoms with E-state index in [0.717, 1.165) is 50.0 Å². The Bertz CT molecular complexity index is 988. The number of aromatic nitrogens is 1. The van der Waals surface area contributed by atoms with E-state index >= 15 is 0 Å². The molecule has 7 nitrogen and oxygen atoms in total. The van der Waals surface area contributed by atoms with Crippen molar-refractivity contribution in [3.63, 3.8) is 0 Å². The highest BCUT2D eigenvalue weighted by molar-refractivity contribution is 7.09. The van der Waals surface area contributed by atoms with E-state index in [0.29, 0.717) is 30.3 Å². The summed E-state index contributed by atoms with van der Waals surface area (Å²) in [5.41, 5.74) is 0.468. The predicted molar refractivity (Wildman–Crippen MR) is 139 cm³/mol. The molecule has 0 bridgehead atoms. The van der Waals surface area contributed by atoms with Crippen molar-refractivity contribution in [3.05, 3.63) is 34.2 Å². The van der Waals surface area contributed by atoms with Crippen molar-refractivity contribution in [1.82, 2.24) is 10.3 Å². The van der Waals surface area contributed by atoms with E-state index in [1.807, 2.05) is 26.2 Å². The molecule has 1 aromatic carbocycles. The van der Waals surface area contributed by atoms with Crippen molar-refractivity contribution in [1.29, 1.82) is 0 Å². The molecular formula is C27H38F2N2O5S. The first kappa shape index (κ1) is 29.4. The molecule has 3 rings (SSSR count). The fourth-order valence-electron chi connectivity index (χ4n) is 4.03. The highest BCUT2D eigenvalue weighted by Gasteiger charge is 2.20. The Morgan fingerprint density at radius 3 is 2.84 bits per heavy atom. The highest BCUT2D eigenvalue weighted by Crippen LogP contribution is 2.35. The summed E-state index contributed by atoms with van der Waals surface area (Å²) in [6, 6.07) is 2.59. The molecule has 0 aliphatic carbocycles. The fraction of sp³-hybridized carbons (Fsp3) is 0.630. The summed E-state index contributed by atoms with van der Waals surface area (Å²) in [5, 5.41) is 5.77. The molecule has 206 valence electrons. The van der Waals surface area contributed by atoms with Gasteiger partial charge >= 0.3 is 5.97 Å². The summed E-state index contributed by atoms with van der Waals surface area (Å²) < 4.78 is 50.4. The third-order valence-electron chi connectivity index (χ3n) is 5.80. The van der Waals surface area contributed by atoms with Gasteiger partial charge in [-0.1, -0.05) is 0 Å². The number of carbonyl (C=O) groups excluding carboxylic acids is 1. The number of ether oxygens (including phenoxy) is 4. The van der Waals surface area contributed by atoms with E-state index in [4.69, 9.17) is 18.9 Å². The lowest BCUT2D eigenvalue weighted by molar-refractivity contribution is -0.153. The molecule has 1 unspecified atom stereocenters. The van der Waals surface area contributed by atoms with Gasteiger partial charge in [-0.25, -0.2) is 9.37 Å². The summed E-state index contributed by atoms with van der Waals surface area (Å²) in [7, 11) is 0. The Kier molecular flexibility index (Phi) is 11.7. The van der Waals surface area contributed by atoms with E-state index in [2.05, 4.69) is 10.3 Å². The first-order chi connectivity index (χ1) is 17.7. The van der Waals surface area contributed by atoms with E-state index in [1.165, 1.54) is 23.8 Å². The summed E-state index contributed by atoms with van der Waals surface area (Å²) in [6.45, 7) is 8.15. The summed E-state index contributed by atoms with van der Waals surface area (Å²) in [4.78, 5) is 16.3. The van der Waals surface area contributed by atoms with Gasteiger partial charge in [0, 0.05) is 30.7 Å². The zero-order valence-electron chi connectivity index (χ0n) is 21.9. The minimum absolute atomic E-state index is 0.0418. The Balaban J connectivity index is 1.45. The number of carbonyl (C=O) groups is 1. The van der Waals surface area contributed by atoms with E-state index in [9.17, 15) is 13.6 Å². The minimum atomic E-state index is -1.04. The van der Waals surface area contributed by atoms with Crippen LogP contribution in [0.3, 0.4) is 0 Å². The topological polar surface area (TPSA) is 78.9 Å². The Morgan fingerprint density at radius 1 is 1.19 bits per heavy atom. The van der Waals surface area contributed by atoms with Crippen LogP contribution in [0, 0.1) is 17.6 Å². The average Bonchev–Trinajstić information content (AvgIpc) is 3.15. The largest absolute Gasteiger partial charge is 0.487 e. The van der Waals surface area contributed by atoms with Crippen LogP contribution in [-0.2, 0) is 25.4 Å². The van der Waals surface area contributed by atoms with Gasteiger partial charge in [0.05, 0.1) is 30.5 Å². The smallest absolute Gasteiger partial charge is 0.320 e. The van der Waals surface area contributed by atoms with Crippen LogP contribution in [0.2, 0.25) is 0 Å². The van der Waals surface area contributed by atoms with Crippen LogP contribution in [0.1, 0.15) is 51.5 Å². The van der Waals surface area contributed by atoms with Gasteiger partial charge in [0.25, 0.3) is 0 Å². The Labute approximate surface area is 221 Å². The van der Waals surface area contributed by atoms with Gasteiger partial charge in [0.2, 0.25) is 5.82 Å². The molecule has 2 heterocycles. The number of thiazole rings is 1. The monoisotopic (exact) mass is 540 g/mol. The maximum absolute atomic E-state index is 14.6. The summed E-state index contributed by atoms with van der Waals surface area (Å²) in [5.74, 6) is -1.88. The van der Waals surface area contributed by atoms with Gasteiger partial charge in [0.15, 0.2) is 11.6 Å². The van der Waals surface area contributed by atoms with Gasteiger partial charge in [-0.05, 0) is 70.9 Å². The van der Waals surface area contributed by atoms with E-state index < -0.39 is 17.2 Å². The third kappa shape index (κ3) is 10.3. The zero-order valence-corrected chi connectivity index (χ0v) is 22.8. The van der Waals surface area contributed by atoms with E-state index in [-0.39, 0.29) is 31.5 Å². The number of hydrogen-bond acceptors (Lipinski definition) is 8. The second-order valence-electron chi connectivity index (χ2n) is 10.0. The number of aryl methyl sites for hydroxylation is 1. The number of halogens is 2. The molecule has 1 atom stereocenters. The van der Waals surface area contributed by atoms with Crippen molar-refractivity contribution in [2.45, 2.75) is 58.5 Å². The quantitative estimate of drug-likeness (QED) is 0.278. The van der Waals surface area contributed by atoms with Crippen LogP contribution in [-0.4, -0.2) is 62.7 Å². The lowest BCUT2D eigenvalue weighted by atomic mass is 9.95. The van der Waals surface area contributed by atoms with Crippen LogP contribution >= 0.6 is 11.3 Å². The number of nitrogens with one attached hydrogen (secondary N) is 1.